The fourth-order valence-corrected chi connectivity index (χ4v) is 6.07. The number of carbonyl (C=O) groups is 2. The lowest BCUT2D eigenvalue weighted by molar-refractivity contribution is -0.116. The lowest BCUT2D eigenvalue weighted by Gasteiger charge is -2.12. The molecule has 162 valence electrons. The number of thiophene rings is 2. The van der Waals surface area contributed by atoms with Crippen LogP contribution in [-0.2, 0) is 24.2 Å². The minimum absolute atomic E-state index is 0.0235. The first-order valence-electron chi connectivity index (χ1n) is 10.6. The van der Waals surface area contributed by atoms with Crippen molar-refractivity contribution in [3.63, 3.8) is 0 Å². The summed E-state index contributed by atoms with van der Waals surface area (Å²) in [6, 6.07) is 10.8. The van der Waals surface area contributed by atoms with Crippen molar-refractivity contribution >= 4 is 50.3 Å². The molecule has 0 spiro atoms. The van der Waals surface area contributed by atoms with Crippen LogP contribution >= 0.6 is 22.7 Å². The smallest absolute Gasteiger partial charge is 0.261 e. The zero-order valence-electron chi connectivity index (χ0n) is 17.3. The number of hydrogen-bond donors (Lipinski definition) is 1. The number of ketones is 1. The molecule has 0 bridgehead atoms. The van der Waals surface area contributed by atoms with E-state index in [1.807, 2.05) is 23.6 Å². The Balaban J connectivity index is 1.37. The van der Waals surface area contributed by atoms with Gasteiger partial charge in [-0.25, -0.2) is 4.98 Å². The summed E-state index contributed by atoms with van der Waals surface area (Å²) in [6.45, 7) is 0.224. The number of aryl methyl sites for hydroxylation is 2. The Morgan fingerprint density at radius 1 is 1.09 bits per heavy atom. The molecule has 1 aromatic carbocycles. The van der Waals surface area contributed by atoms with Crippen molar-refractivity contribution in [2.24, 2.45) is 0 Å². The van der Waals surface area contributed by atoms with Crippen LogP contribution in [0.1, 0.15) is 44.9 Å². The summed E-state index contributed by atoms with van der Waals surface area (Å²) in [5.74, 6) is -0.242. The summed E-state index contributed by atoms with van der Waals surface area (Å²) >= 11 is 2.93. The Morgan fingerprint density at radius 3 is 2.78 bits per heavy atom. The third-order valence-electron chi connectivity index (χ3n) is 5.71. The number of amides is 1. The van der Waals surface area contributed by atoms with Crippen molar-refractivity contribution in [2.75, 3.05) is 5.32 Å². The van der Waals surface area contributed by atoms with Crippen LogP contribution in [0.2, 0.25) is 0 Å². The van der Waals surface area contributed by atoms with Crippen LogP contribution in [-0.4, -0.2) is 21.2 Å². The molecule has 32 heavy (non-hydrogen) atoms. The first kappa shape index (κ1) is 20.8. The Labute approximate surface area is 192 Å². The van der Waals surface area contributed by atoms with Gasteiger partial charge in [-0.3, -0.25) is 19.0 Å². The number of nitrogens with one attached hydrogen (secondary N) is 1. The van der Waals surface area contributed by atoms with Crippen LogP contribution < -0.4 is 10.9 Å². The number of rotatable bonds is 6. The van der Waals surface area contributed by atoms with Gasteiger partial charge >= 0.3 is 0 Å². The van der Waals surface area contributed by atoms with Gasteiger partial charge in [-0.15, -0.1) is 22.7 Å². The highest BCUT2D eigenvalue weighted by Gasteiger charge is 2.27. The predicted octanol–water partition coefficient (Wildman–Crippen LogP) is 4.66. The number of fused-ring (bicyclic) bond motifs is 2. The van der Waals surface area contributed by atoms with E-state index in [1.54, 1.807) is 18.2 Å². The van der Waals surface area contributed by atoms with Gasteiger partial charge in [0.1, 0.15) is 5.00 Å². The number of hydrogen-bond acceptors (Lipinski definition) is 6. The fraction of sp³-hybridized carbons (Fsp3) is 0.250. The average Bonchev–Trinajstić information content (AvgIpc) is 3.46. The standard InChI is InChI=1S/C24H21N3O3S2/c28-20(11-12-27-14-25-17-8-3-1-6-15(17)24(27)30)26-23-21(22(29)19-10-5-13-31-19)16-7-2-4-9-18(16)32-23/h1,3,5-6,8,10,13-14H,2,4,7,9,11-12H2,(H,26,28). The SMILES string of the molecule is O=C(CCn1cnc2ccccc2c1=O)Nc1sc2c(c1C(=O)c1cccs1)CCCC2. The lowest BCUT2D eigenvalue weighted by Crippen LogP contribution is -2.23. The molecule has 0 atom stereocenters. The maximum Gasteiger partial charge on any atom is 0.261 e. The summed E-state index contributed by atoms with van der Waals surface area (Å²) in [6.07, 6.45) is 5.57. The van der Waals surface area contributed by atoms with Gasteiger partial charge in [0.15, 0.2) is 0 Å². The normalized spacial score (nSPS) is 13.1. The first-order valence-corrected chi connectivity index (χ1v) is 12.3. The van der Waals surface area contributed by atoms with E-state index in [1.165, 1.54) is 38.4 Å². The van der Waals surface area contributed by atoms with Crippen molar-refractivity contribution in [3.8, 4) is 0 Å². The largest absolute Gasteiger partial charge is 0.317 e. The highest BCUT2D eigenvalue weighted by molar-refractivity contribution is 7.17. The molecule has 4 aromatic rings. The molecule has 1 N–H and O–H groups in total. The molecule has 5 rings (SSSR count). The van der Waals surface area contributed by atoms with Gasteiger partial charge in [0.2, 0.25) is 11.7 Å². The number of para-hydroxylation sites is 1. The molecule has 3 aromatic heterocycles. The second-order valence-corrected chi connectivity index (χ2v) is 9.83. The Hall–Kier alpha value is -3.10. The average molecular weight is 464 g/mol. The minimum Gasteiger partial charge on any atom is -0.317 e. The molecule has 0 unspecified atom stereocenters. The molecular weight excluding hydrogens is 442 g/mol. The molecule has 6 nitrogen and oxygen atoms in total. The second-order valence-electron chi connectivity index (χ2n) is 7.78. The monoisotopic (exact) mass is 463 g/mol. The second kappa shape index (κ2) is 8.80. The van der Waals surface area contributed by atoms with Gasteiger partial charge in [-0.05, 0) is 54.8 Å². The van der Waals surface area contributed by atoms with Crippen molar-refractivity contribution in [3.05, 3.63) is 79.3 Å². The van der Waals surface area contributed by atoms with Gasteiger partial charge in [0, 0.05) is 17.8 Å². The van der Waals surface area contributed by atoms with E-state index in [0.717, 1.165) is 31.2 Å². The van der Waals surface area contributed by atoms with E-state index >= 15 is 0 Å². The fourth-order valence-electron chi connectivity index (χ4n) is 4.10. The van der Waals surface area contributed by atoms with Crippen LogP contribution in [0.15, 0.2) is 52.9 Å². The summed E-state index contributed by atoms with van der Waals surface area (Å²) in [5, 5.41) is 6.02. The molecule has 1 aliphatic rings. The van der Waals surface area contributed by atoms with E-state index in [-0.39, 0.29) is 30.2 Å². The summed E-state index contributed by atoms with van der Waals surface area (Å²) < 4.78 is 1.46. The molecule has 3 heterocycles. The quantitative estimate of drug-likeness (QED) is 0.422. The minimum atomic E-state index is -0.219. The van der Waals surface area contributed by atoms with Crippen LogP contribution in [0.3, 0.4) is 0 Å². The van der Waals surface area contributed by atoms with Gasteiger partial charge in [-0.1, -0.05) is 18.2 Å². The van der Waals surface area contributed by atoms with Crippen molar-refractivity contribution in [1.29, 1.82) is 0 Å². The molecule has 0 fully saturated rings. The van der Waals surface area contributed by atoms with Crippen molar-refractivity contribution in [1.82, 2.24) is 9.55 Å². The van der Waals surface area contributed by atoms with Crippen LogP contribution in [0, 0.1) is 0 Å². The lowest BCUT2D eigenvalue weighted by atomic mass is 9.93. The van der Waals surface area contributed by atoms with Gasteiger partial charge in [0.25, 0.3) is 5.56 Å². The first-order chi connectivity index (χ1) is 15.6. The van der Waals surface area contributed by atoms with E-state index in [2.05, 4.69) is 10.3 Å². The number of benzene rings is 1. The summed E-state index contributed by atoms with van der Waals surface area (Å²) in [7, 11) is 0. The molecule has 0 radical (unpaired) electrons. The molecule has 8 heteroatoms. The van der Waals surface area contributed by atoms with Crippen LogP contribution in [0.4, 0.5) is 5.00 Å². The number of anilines is 1. The molecule has 0 saturated heterocycles. The number of nitrogens with zero attached hydrogens (tertiary/aromatic N) is 2. The van der Waals surface area contributed by atoms with Gasteiger partial charge in [0.05, 0.1) is 27.7 Å². The number of aromatic nitrogens is 2. The summed E-state index contributed by atoms with van der Waals surface area (Å²) in [4.78, 5) is 44.8. The van der Waals surface area contributed by atoms with E-state index in [0.29, 0.717) is 26.3 Å². The van der Waals surface area contributed by atoms with Crippen molar-refractivity contribution < 1.29 is 9.59 Å². The van der Waals surface area contributed by atoms with E-state index < -0.39 is 0 Å². The zero-order valence-corrected chi connectivity index (χ0v) is 18.9. The molecular formula is C24H21N3O3S2. The Kier molecular flexibility index (Phi) is 5.71. The maximum absolute atomic E-state index is 13.2. The van der Waals surface area contributed by atoms with Gasteiger partial charge in [-0.2, -0.15) is 0 Å². The highest BCUT2D eigenvalue weighted by atomic mass is 32.1. The molecule has 1 amide bonds. The van der Waals surface area contributed by atoms with E-state index in [4.69, 9.17) is 0 Å². The molecule has 0 aliphatic heterocycles. The maximum atomic E-state index is 13.2. The van der Waals surface area contributed by atoms with Gasteiger partial charge < -0.3 is 5.32 Å². The predicted molar refractivity (Wildman–Crippen MR) is 128 cm³/mol. The third kappa shape index (κ3) is 3.91. The zero-order chi connectivity index (χ0) is 22.1. The molecule has 1 aliphatic carbocycles. The van der Waals surface area contributed by atoms with Crippen LogP contribution in [0.5, 0.6) is 0 Å². The third-order valence-corrected chi connectivity index (χ3v) is 7.78. The number of carbonyl (C=O) groups excluding carboxylic acids is 2. The highest BCUT2D eigenvalue weighted by Crippen LogP contribution is 2.39. The van der Waals surface area contributed by atoms with Crippen LogP contribution in [0.25, 0.3) is 10.9 Å². The van der Waals surface area contributed by atoms with E-state index in [9.17, 15) is 14.4 Å². The topological polar surface area (TPSA) is 81.1 Å². The Bertz CT molecular complexity index is 1370. The summed E-state index contributed by atoms with van der Waals surface area (Å²) in [5.41, 5.74) is 2.21. The molecule has 0 saturated carbocycles. The van der Waals surface area contributed by atoms with Crippen molar-refractivity contribution in [2.45, 2.75) is 38.6 Å². The Morgan fingerprint density at radius 2 is 1.94 bits per heavy atom.